The molecule has 0 heterocycles. The van der Waals surface area contributed by atoms with Crippen LogP contribution < -0.4 is 14.8 Å². The van der Waals surface area contributed by atoms with Gasteiger partial charge in [-0.1, -0.05) is 6.92 Å². The Morgan fingerprint density at radius 1 is 1.24 bits per heavy atom. The van der Waals surface area contributed by atoms with E-state index in [4.69, 9.17) is 4.74 Å². The lowest BCUT2D eigenvalue weighted by molar-refractivity contribution is 0.0819. The molecule has 0 bridgehead atoms. The molecule has 0 spiro atoms. The monoisotopic (exact) mass is 322 g/mol. The van der Waals surface area contributed by atoms with Gasteiger partial charge >= 0.3 is 0 Å². The summed E-state index contributed by atoms with van der Waals surface area (Å²) in [5, 5.41) is 3.09. The van der Waals surface area contributed by atoms with Gasteiger partial charge in [0.2, 0.25) is 10.0 Å². The molecule has 5 nitrogen and oxygen atoms in total. The van der Waals surface area contributed by atoms with Gasteiger partial charge in [-0.25, -0.2) is 21.9 Å². The van der Waals surface area contributed by atoms with Crippen molar-refractivity contribution in [3.8, 4) is 5.75 Å². The lowest BCUT2D eigenvalue weighted by Gasteiger charge is -2.13. The highest BCUT2D eigenvalue weighted by Crippen LogP contribution is 2.16. The fraction of sp³-hybridized carbons (Fsp3) is 0.538. The summed E-state index contributed by atoms with van der Waals surface area (Å²) in [4.78, 5) is 0.0654. The summed E-state index contributed by atoms with van der Waals surface area (Å²) in [6.45, 7) is 4.10. The van der Waals surface area contributed by atoms with Crippen LogP contribution in [0.5, 0.6) is 5.75 Å². The summed E-state index contributed by atoms with van der Waals surface area (Å²) in [5.74, 6) is 0.204. The molecule has 1 atom stereocenters. The van der Waals surface area contributed by atoms with Crippen LogP contribution in [0.1, 0.15) is 13.8 Å². The smallest absolute Gasteiger partial charge is 0.272 e. The number of ether oxygens (including phenoxy) is 1. The maximum absolute atomic E-state index is 12.0. The number of halogens is 2. The van der Waals surface area contributed by atoms with Crippen molar-refractivity contribution < 1.29 is 21.9 Å². The standard InChI is InChI=1S/C13H20F2N2O3S/c1-3-16-10(2)8-17-21(18,19)12-6-4-11(5-7-12)20-9-13(14)15/h4-7,10,13,16-17H,3,8-9H2,1-2H3/t10-/m1/s1. The second-order valence-corrected chi connectivity index (χ2v) is 6.25. The van der Waals surface area contributed by atoms with Crippen molar-refractivity contribution in [2.24, 2.45) is 0 Å². The van der Waals surface area contributed by atoms with Gasteiger partial charge in [-0.05, 0) is 37.7 Å². The van der Waals surface area contributed by atoms with Gasteiger partial charge in [0.1, 0.15) is 12.4 Å². The number of alkyl halides is 2. The molecule has 0 saturated carbocycles. The number of sulfonamides is 1. The first-order valence-corrected chi connectivity index (χ1v) is 8.07. The van der Waals surface area contributed by atoms with Crippen LogP contribution in [0.3, 0.4) is 0 Å². The van der Waals surface area contributed by atoms with E-state index < -0.39 is 23.1 Å². The minimum absolute atomic E-state index is 0.0124. The average Bonchev–Trinajstić information content (AvgIpc) is 2.44. The Bertz CT molecular complexity index is 521. The number of likely N-dealkylation sites (N-methyl/N-ethyl adjacent to an activating group) is 1. The van der Waals surface area contributed by atoms with E-state index in [9.17, 15) is 17.2 Å². The third kappa shape index (κ3) is 6.36. The minimum atomic E-state index is -3.62. The molecule has 21 heavy (non-hydrogen) atoms. The molecule has 1 aromatic carbocycles. The summed E-state index contributed by atoms with van der Waals surface area (Å²) < 4.78 is 55.3. The lowest BCUT2D eigenvalue weighted by Crippen LogP contribution is -2.38. The number of hydrogen-bond acceptors (Lipinski definition) is 4. The maximum Gasteiger partial charge on any atom is 0.272 e. The topological polar surface area (TPSA) is 67.4 Å². The van der Waals surface area contributed by atoms with Crippen LogP contribution >= 0.6 is 0 Å². The molecule has 1 aromatic rings. The van der Waals surface area contributed by atoms with Gasteiger partial charge in [0.05, 0.1) is 4.90 Å². The molecule has 0 unspecified atom stereocenters. The lowest BCUT2D eigenvalue weighted by atomic mass is 10.3. The summed E-state index contributed by atoms with van der Waals surface area (Å²) in [7, 11) is -3.62. The molecule has 120 valence electrons. The Morgan fingerprint density at radius 2 is 1.86 bits per heavy atom. The fourth-order valence-corrected chi connectivity index (χ4v) is 2.74. The third-order valence-electron chi connectivity index (χ3n) is 2.64. The summed E-state index contributed by atoms with van der Waals surface area (Å²) in [6.07, 6.45) is -2.57. The summed E-state index contributed by atoms with van der Waals surface area (Å²) in [5.41, 5.74) is 0. The second-order valence-electron chi connectivity index (χ2n) is 4.48. The Balaban J connectivity index is 2.62. The fourth-order valence-electron chi connectivity index (χ4n) is 1.61. The molecule has 0 aromatic heterocycles. The van der Waals surface area contributed by atoms with Crippen molar-refractivity contribution in [3.63, 3.8) is 0 Å². The van der Waals surface area contributed by atoms with Crippen LogP contribution in [-0.2, 0) is 10.0 Å². The molecule has 0 fully saturated rings. The van der Waals surface area contributed by atoms with Crippen LogP contribution in [-0.4, -0.2) is 40.6 Å². The molecule has 0 radical (unpaired) electrons. The van der Waals surface area contributed by atoms with Gasteiger partial charge in [-0.3, -0.25) is 0 Å². The van der Waals surface area contributed by atoms with Gasteiger partial charge in [0.15, 0.2) is 0 Å². The Kier molecular flexibility index (Phi) is 7.00. The van der Waals surface area contributed by atoms with Crippen LogP contribution in [0, 0.1) is 0 Å². The first-order chi connectivity index (χ1) is 9.85. The van der Waals surface area contributed by atoms with Crippen LogP contribution in [0.2, 0.25) is 0 Å². The van der Waals surface area contributed by atoms with E-state index in [2.05, 4.69) is 10.0 Å². The molecule has 0 aliphatic carbocycles. The van der Waals surface area contributed by atoms with Crippen molar-refractivity contribution in [3.05, 3.63) is 24.3 Å². The Labute approximate surface area is 123 Å². The Morgan fingerprint density at radius 3 is 2.38 bits per heavy atom. The van der Waals surface area contributed by atoms with Crippen molar-refractivity contribution >= 4 is 10.0 Å². The van der Waals surface area contributed by atoms with Gasteiger partial charge in [-0.15, -0.1) is 0 Å². The van der Waals surface area contributed by atoms with Crippen LogP contribution in [0.25, 0.3) is 0 Å². The molecule has 0 aliphatic rings. The van der Waals surface area contributed by atoms with Crippen LogP contribution in [0.4, 0.5) is 8.78 Å². The molecule has 0 amide bonds. The molecule has 2 N–H and O–H groups in total. The second kappa shape index (κ2) is 8.26. The van der Waals surface area contributed by atoms with E-state index in [1.807, 2.05) is 13.8 Å². The summed E-state index contributed by atoms with van der Waals surface area (Å²) >= 11 is 0. The van der Waals surface area contributed by atoms with E-state index in [-0.39, 0.29) is 23.2 Å². The van der Waals surface area contributed by atoms with E-state index in [0.717, 1.165) is 6.54 Å². The van der Waals surface area contributed by atoms with Gasteiger partial charge in [0, 0.05) is 12.6 Å². The first kappa shape index (κ1) is 17.8. The maximum atomic E-state index is 12.0. The van der Waals surface area contributed by atoms with Crippen molar-refractivity contribution in [2.45, 2.75) is 31.2 Å². The molecule has 0 saturated heterocycles. The third-order valence-corrected chi connectivity index (χ3v) is 4.08. The number of nitrogens with one attached hydrogen (secondary N) is 2. The normalized spacial score (nSPS) is 13.4. The van der Waals surface area contributed by atoms with Crippen LogP contribution in [0.15, 0.2) is 29.2 Å². The zero-order valence-corrected chi connectivity index (χ0v) is 12.8. The number of hydrogen-bond donors (Lipinski definition) is 2. The largest absolute Gasteiger partial charge is 0.488 e. The van der Waals surface area contributed by atoms with Crippen molar-refractivity contribution in [1.82, 2.24) is 10.0 Å². The molecular weight excluding hydrogens is 302 g/mol. The molecule has 1 rings (SSSR count). The van der Waals surface area contributed by atoms with Crippen molar-refractivity contribution in [1.29, 1.82) is 0 Å². The SMILES string of the molecule is CCN[C@H](C)CNS(=O)(=O)c1ccc(OCC(F)F)cc1. The van der Waals surface area contributed by atoms with Crippen molar-refractivity contribution in [2.75, 3.05) is 19.7 Å². The highest BCUT2D eigenvalue weighted by atomic mass is 32.2. The molecule has 8 heteroatoms. The zero-order chi connectivity index (χ0) is 15.9. The predicted molar refractivity (Wildman–Crippen MR) is 76.3 cm³/mol. The average molecular weight is 322 g/mol. The van der Waals surface area contributed by atoms with Gasteiger partial charge < -0.3 is 10.1 Å². The van der Waals surface area contributed by atoms with E-state index >= 15 is 0 Å². The highest BCUT2D eigenvalue weighted by molar-refractivity contribution is 7.89. The minimum Gasteiger partial charge on any atom is -0.488 e. The zero-order valence-electron chi connectivity index (χ0n) is 12.0. The van der Waals surface area contributed by atoms with E-state index in [1.165, 1.54) is 24.3 Å². The first-order valence-electron chi connectivity index (χ1n) is 6.59. The predicted octanol–water partition coefficient (Wildman–Crippen LogP) is 1.61. The molecular formula is C13H20F2N2O3S. The van der Waals surface area contributed by atoms with E-state index in [1.54, 1.807) is 0 Å². The number of benzene rings is 1. The molecule has 0 aliphatic heterocycles. The highest BCUT2D eigenvalue weighted by Gasteiger charge is 2.15. The Hall–Kier alpha value is -1.25. The van der Waals surface area contributed by atoms with Gasteiger partial charge in [-0.2, -0.15) is 0 Å². The quantitative estimate of drug-likeness (QED) is 0.725. The van der Waals surface area contributed by atoms with Gasteiger partial charge in [0.25, 0.3) is 6.43 Å². The number of rotatable bonds is 9. The summed E-state index contributed by atoms with van der Waals surface area (Å²) in [6, 6.07) is 5.36. The van der Waals surface area contributed by atoms with E-state index in [0.29, 0.717) is 0 Å².